The minimum Gasteiger partial charge on any atom is -0.352 e. The van der Waals surface area contributed by atoms with E-state index >= 15 is 0 Å². The molecule has 2 atom stereocenters. The molecule has 2 saturated heterocycles. The van der Waals surface area contributed by atoms with Crippen LogP contribution >= 0.6 is 0 Å². The SMILES string of the molecule is C=CCNC(=O)CN1C[C@@H](C)[C@H](N2CCCN(C(C)=O)CC2)C1. The fraction of sp³-hybridized carbons (Fsp3) is 0.765. The first-order valence-corrected chi connectivity index (χ1v) is 8.60. The smallest absolute Gasteiger partial charge is 0.234 e. The predicted molar refractivity (Wildman–Crippen MR) is 91.0 cm³/mol. The van der Waals surface area contributed by atoms with Crippen molar-refractivity contribution < 1.29 is 9.59 Å². The van der Waals surface area contributed by atoms with Gasteiger partial charge in [-0.15, -0.1) is 6.58 Å². The van der Waals surface area contributed by atoms with Gasteiger partial charge in [-0.1, -0.05) is 13.0 Å². The number of carbonyl (C=O) groups is 2. The summed E-state index contributed by atoms with van der Waals surface area (Å²) in [5, 5.41) is 2.84. The third kappa shape index (κ3) is 5.04. The Kier molecular flexibility index (Phi) is 6.59. The summed E-state index contributed by atoms with van der Waals surface area (Å²) in [6.07, 6.45) is 2.73. The molecule has 2 heterocycles. The lowest BCUT2D eigenvalue weighted by atomic mass is 10.0. The van der Waals surface area contributed by atoms with Crippen LogP contribution in [-0.2, 0) is 9.59 Å². The normalized spacial score (nSPS) is 26.8. The lowest BCUT2D eigenvalue weighted by Gasteiger charge is -2.30. The van der Waals surface area contributed by atoms with Gasteiger partial charge in [0.15, 0.2) is 0 Å². The molecule has 0 unspecified atom stereocenters. The first kappa shape index (κ1) is 17.9. The van der Waals surface area contributed by atoms with E-state index in [1.165, 1.54) is 0 Å². The number of rotatable bonds is 5. The van der Waals surface area contributed by atoms with Gasteiger partial charge in [0.05, 0.1) is 6.54 Å². The Morgan fingerprint density at radius 3 is 2.70 bits per heavy atom. The third-order valence-corrected chi connectivity index (χ3v) is 4.90. The zero-order valence-electron chi connectivity index (χ0n) is 14.5. The molecule has 0 aromatic carbocycles. The van der Waals surface area contributed by atoms with Crippen LogP contribution < -0.4 is 5.32 Å². The molecule has 0 aromatic rings. The van der Waals surface area contributed by atoms with E-state index < -0.39 is 0 Å². The Bertz CT molecular complexity index is 440. The molecule has 23 heavy (non-hydrogen) atoms. The average molecular weight is 322 g/mol. The second kappa shape index (κ2) is 8.45. The van der Waals surface area contributed by atoms with Crippen LogP contribution in [0.4, 0.5) is 0 Å². The molecule has 0 aromatic heterocycles. The lowest BCUT2D eigenvalue weighted by Crippen LogP contribution is -2.43. The standard InChI is InChI=1S/C17H30N4O2/c1-4-6-18-17(23)13-19-11-14(2)16(12-19)21-8-5-7-20(9-10-21)15(3)22/h4,14,16H,1,5-13H2,2-3H3,(H,18,23)/t14-,16-/m1/s1. The van der Waals surface area contributed by atoms with Crippen LogP contribution in [0, 0.1) is 5.92 Å². The zero-order chi connectivity index (χ0) is 16.8. The molecule has 1 N–H and O–H groups in total. The fourth-order valence-electron chi connectivity index (χ4n) is 3.68. The van der Waals surface area contributed by atoms with Crippen LogP contribution in [0.1, 0.15) is 20.3 Å². The Hall–Kier alpha value is -1.40. The molecule has 0 bridgehead atoms. The van der Waals surface area contributed by atoms with E-state index in [9.17, 15) is 9.59 Å². The molecular formula is C17H30N4O2. The summed E-state index contributed by atoms with van der Waals surface area (Å²) in [4.78, 5) is 30.1. The molecule has 0 radical (unpaired) electrons. The van der Waals surface area contributed by atoms with Crippen molar-refractivity contribution in [2.45, 2.75) is 26.3 Å². The molecule has 2 rings (SSSR count). The second-order valence-electron chi connectivity index (χ2n) is 6.73. The first-order valence-electron chi connectivity index (χ1n) is 8.60. The van der Waals surface area contributed by atoms with Crippen molar-refractivity contribution in [2.75, 3.05) is 52.4 Å². The molecule has 0 aliphatic carbocycles. The van der Waals surface area contributed by atoms with Gasteiger partial charge in [0.1, 0.15) is 0 Å². The minimum absolute atomic E-state index is 0.0661. The van der Waals surface area contributed by atoms with Gasteiger partial charge >= 0.3 is 0 Å². The largest absolute Gasteiger partial charge is 0.352 e. The Balaban J connectivity index is 1.85. The summed E-state index contributed by atoms with van der Waals surface area (Å²) in [5.41, 5.74) is 0. The highest BCUT2D eigenvalue weighted by Crippen LogP contribution is 2.22. The Labute approximate surface area is 139 Å². The van der Waals surface area contributed by atoms with E-state index in [2.05, 4.69) is 28.6 Å². The lowest BCUT2D eigenvalue weighted by molar-refractivity contribution is -0.128. The van der Waals surface area contributed by atoms with Crippen LogP contribution in [0.25, 0.3) is 0 Å². The second-order valence-corrected chi connectivity index (χ2v) is 6.73. The topological polar surface area (TPSA) is 55.9 Å². The van der Waals surface area contributed by atoms with Gasteiger partial charge in [0.2, 0.25) is 11.8 Å². The van der Waals surface area contributed by atoms with Crippen molar-refractivity contribution in [1.82, 2.24) is 20.0 Å². The van der Waals surface area contributed by atoms with Crippen molar-refractivity contribution >= 4 is 11.8 Å². The minimum atomic E-state index is 0.0661. The Morgan fingerprint density at radius 2 is 2.00 bits per heavy atom. The third-order valence-electron chi connectivity index (χ3n) is 4.90. The number of nitrogens with zero attached hydrogens (tertiary/aromatic N) is 3. The molecule has 2 amide bonds. The van der Waals surface area contributed by atoms with E-state index in [-0.39, 0.29) is 11.8 Å². The first-order chi connectivity index (χ1) is 11.0. The molecule has 0 spiro atoms. The summed E-state index contributed by atoms with van der Waals surface area (Å²) in [6.45, 7) is 14.1. The van der Waals surface area contributed by atoms with Crippen molar-refractivity contribution in [1.29, 1.82) is 0 Å². The maximum Gasteiger partial charge on any atom is 0.234 e. The number of amides is 2. The molecule has 0 saturated carbocycles. The predicted octanol–water partition coefficient (Wildman–Crippen LogP) is 0.163. The molecular weight excluding hydrogens is 292 g/mol. The number of carbonyl (C=O) groups excluding carboxylic acids is 2. The monoisotopic (exact) mass is 322 g/mol. The number of hydrogen-bond acceptors (Lipinski definition) is 4. The van der Waals surface area contributed by atoms with Crippen LogP contribution in [0.3, 0.4) is 0 Å². The fourth-order valence-corrected chi connectivity index (χ4v) is 3.68. The maximum atomic E-state index is 11.9. The van der Waals surface area contributed by atoms with E-state index in [0.29, 0.717) is 25.0 Å². The zero-order valence-corrected chi connectivity index (χ0v) is 14.5. The van der Waals surface area contributed by atoms with Crippen molar-refractivity contribution in [3.63, 3.8) is 0 Å². The van der Waals surface area contributed by atoms with Crippen molar-refractivity contribution in [3.05, 3.63) is 12.7 Å². The van der Waals surface area contributed by atoms with Crippen LogP contribution in [0.2, 0.25) is 0 Å². The molecule has 2 aliphatic rings. The van der Waals surface area contributed by atoms with E-state index in [1.54, 1.807) is 13.0 Å². The number of nitrogens with one attached hydrogen (secondary N) is 1. The average Bonchev–Trinajstić information content (AvgIpc) is 2.73. The van der Waals surface area contributed by atoms with Crippen molar-refractivity contribution in [3.8, 4) is 0 Å². The van der Waals surface area contributed by atoms with Gasteiger partial charge in [0.25, 0.3) is 0 Å². The summed E-state index contributed by atoms with van der Waals surface area (Å²) in [6, 6.07) is 0.481. The maximum absolute atomic E-state index is 11.9. The summed E-state index contributed by atoms with van der Waals surface area (Å²) in [7, 11) is 0. The van der Waals surface area contributed by atoms with Gasteiger partial charge in [0, 0.05) is 58.8 Å². The number of likely N-dealkylation sites (tertiary alicyclic amines) is 1. The van der Waals surface area contributed by atoms with Crippen LogP contribution in [0.15, 0.2) is 12.7 Å². The summed E-state index contributed by atoms with van der Waals surface area (Å²) in [5.74, 6) is 0.786. The number of hydrogen-bond donors (Lipinski definition) is 1. The van der Waals surface area contributed by atoms with Gasteiger partial charge in [-0.2, -0.15) is 0 Å². The molecule has 6 heteroatoms. The quantitative estimate of drug-likeness (QED) is 0.733. The van der Waals surface area contributed by atoms with E-state index in [4.69, 9.17) is 0 Å². The highest BCUT2D eigenvalue weighted by molar-refractivity contribution is 5.78. The molecule has 2 fully saturated rings. The summed E-state index contributed by atoms with van der Waals surface area (Å²) >= 11 is 0. The van der Waals surface area contributed by atoms with Gasteiger partial charge < -0.3 is 10.2 Å². The highest BCUT2D eigenvalue weighted by atomic mass is 16.2. The van der Waals surface area contributed by atoms with E-state index in [0.717, 1.165) is 45.7 Å². The van der Waals surface area contributed by atoms with Gasteiger partial charge in [-0.05, 0) is 12.3 Å². The molecule has 130 valence electrons. The van der Waals surface area contributed by atoms with E-state index in [1.807, 2.05) is 4.90 Å². The Morgan fingerprint density at radius 1 is 1.22 bits per heavy atom. The van der Waals surface area contributed by atoms with Gasteiger partial charge in [-0.3, -0.25) is 19.4 Å². The molecule has 2 aliphatic heterocycles. The molecule has 6 nitrogen and oxygen atoms in total. The van der Waals surface area contributed by atoms with Crippen molar-refractivity contribution in [2.24, 2.45) is 5.92 Å². The van der Waals surface area contributed by atoms with Crippen LogP contribution in [0.5, 0.6) is 0 Å². The van der Waals surface area contributed by atoms with Crippen LogP contribution in [-0.4, -0.2) is 84.9 Å². The summed E-state index contributed by atoms with van der Waals surface area (Å²) < 4.78 is 0. The van der Waals surface area contributed by atoms with Gasteiger partial charge in [-0.25, -0.2) is 0 Å². The highest BCUT2D eigenvalue weighted by Gasteiger charge is 2.35.